The summed E-state index contributed by atoms with van der Waals surface area (Å²) in [5, 5.41) is 0.750. The molecule has 3 aromatic heterocycles. The average molecular weight is 448 g/mol. The molecule has 0 bridgehead atoms. The number of anilines is 2. The molecule has 0 aliphatic heterocycles. The van der Waals surface area contributed by atoms with Crippen molar-refractivity contribution in [2.75, 3.05) is 16.9 Å². The molecule has 0 atom stereocenters. The van der Waals surface area contributed by atoms with Gasteiger partial charge in [0.1, 0.15) is 5.82 Å². The van der Waals surface area contributed by atoms with Gasteiger partial charge in [0, 0.05) is 30.2 Å². The van der Waals surface area contributed by atoms with Gasteiger partial charge in [-0.2, -0.15) is 0 Å². The van der Waals surface area contributed by atoms with E-state index in [2.05, 4.69) is 15.0 Å². The Labute approximate surface area is 185 Å². The summed E-state index contributed by atoms with van der Waals surface area (Å²) in [5.41, 5.74) is 8.81. The van der Waals surface area contributed by atoms with Gasteiger partial charge < -0.3 is 10.6 Å². The molecule has 1 aromatic carbocycles. The van der Waals surface area contributed by atoms with Crippen molar-refractivity contribution in [1.29, 1.82) is 0 Å². The van der Waals surface area contributed by atoms with Crippen LogP contribution in [0.3, 0.4) is 0 Å². The van der Waals surface area contributed by atoms with Gasteiger partial charge in [-0.15, -0.1) is 0 Å². The van der Waals surface area contributed by atoms with Gasteiger partial charge in [0.05, 0.1) is 23.3 Å². The predicted octanol–water partition coefficient (Wildman–Crippen LogP) is 3.17. The Kier molecular flexibility index (Phi) is 5.58. The Morgan fingerprint density at radius 2 is 1.88 bits per heavy atom. The summed E-state index contributed by atoms with van der Waals surface area (Å²) >= 11 is 0. The quantitative estimate of drug-likeness (QED) is 0.499. The molecular formula is C23H21N5O3S. The third-order valence-corrected chi connectivity index (χ3v) is 6.02. The number of nitrogens with two attached hydrogens (primary N) is 1. The number of carbonyl (C=O) groups is 1. The van der Waals surface area contributed by atoms with E-state index in [1.807, 2.05) is 31.2 Å². The van der Waals surface area contributed by atoms with Crippen molar-refractivity contribution >= 4 is 38.2 Å². The zero-order valence-corrected chi connectivity index (χ0v) is 18.4. The molecule has 0 unspecified atom stereocenters. The molecule has 0 saturated carbocycles. The van der Waals surface area contributed by atoms with Crippen LogP contribution in [-0.4, -0.2) is 35.5 Å². The van der Waals surface area contributed by atoms with Gasteiger partial charge >= 0.3 is 0 Å². The van der Waals surface area contributed by atoms with E-state index in [0.717, 1.165) is 22.8 Å². The molecule has 0 aliphatic rings. The minimum Gasteiger partial charge on any atom is -0.383 e. The minimum absolute atomic E-state index is 0.105. The molecule has 2 N–H and O–H groups in total. The SMILES string of the molecule is Cc1cc2ccc(CN(C(=O)c3cccnc3)c3cccnc3S(C)(=O)=O)cc2nc1N. The van der Waals surface area contributed by atoms with Crippen molar-refractivity contribution in [3.63, 3.8) is 0 Å². The number of sulfone groups is 1. The second-order valence-corrected chi connectivity index (χ2v) is 9.38. The van der Waals surface area contributed by atoms with E-state index >= 15 is 0 Å². The van der Waals surface area contributed by atoms with Crippen LogP contribution in [0.5, 0.6) is 0 Å². The average Bonchev–Trinajstić information content (AvgIpc) is 2.78. The number of hydrogen-bond donors (Lipinski definition) is 1. The van der Waals surface area contributed by atoms with Crippen molar-refractivity contribution in [3.8, 4) is 0 Å². The summed E-state index contributed by atoms with van der Waals surface area (Å²) < 4.78 is 24.8. The number of aryl methyl sites for hydroxylation is 1. The molecule has 32 heavy (non-hydrogen) atoms. The van der Waals surface area contributed by atoms with Crippen LogP contribution >= 0.6 is 0 Å². The molecule has 0 spiro atoms. The lowest BCUT2D eigenvalue weighted by Crippen LogP contribution is -2.32. The van der Waals surface area contributed by atoms with Crippen LogP contribution < -0.4 is 10.6 Å². The molecule has 4 aromatic rings. The van der Waals surface area contributed by atoms with E-state index in [1.54, 1.807) is 30.5 Å². The van der Waals surface area contributed by atoms with E-state index in [0.29, 0.717) is 16.9 Å². The van der Waals surface area contributed by atoms with E-state index in [9.17, 15) is 13.2 Å². The lowest BCUT2D eigenvalue weighted by Gasteiger charge is -2.24. The maximum atomic E-state index is 13.4. The van der Waals surface area contributed by atoms with Gasteiger partial charge in [-0.1, -0.05) is 12.1 Å². The van der Waals surface area contributed by atoms with E-state index < -0.39 is 15.7 Å². The second kappa shape index (κ2) is 8.35. The molecule has 162 valence electrons. The summed E-state index contributed by atoms with van der Waals surface area (Å²) in [4.78, 5) is 27.3. The summed E-state index contributed by atoms with van der Waals surface area (Å²) in [6.45, 7) is 1.99. The van der Waals surface area contributed by atoms with Crippen LogP contribution in [0.15, 0.2) is 72.1 Å². The zero-order chi connectivity index (χ0) is 22.9. The van der Waals surface area contributed by atoms with Gasteiger partial charge in [0.2, 0.25) is 0 Å². The fourth-order valence-corrected chi connectivity index (χ4v) is 4.21. The molecule has 1 amide bonds. The molecule has 0 aliphatic carbocycles. The van der Waals surface area contributed by atoms with Crippen molar-refractivity contribution in [1.82, 2.24) is 15.0 Å². The Balaban J connectivity index is 1.83. The predicted molar refractivity (Wildman–Crippen MR) is 123 cm³/mol. The van der Waals surface area contributed by atoms with Gasteiger partial charge in [0.25, 0.3) is 5.91 Å². The van der Waals surface area contributed by atoms with Crippen molar-refractivity contribution < 1.29 is 13.2 Å². The van der Waals surface area contributed by atoms with Crippen molar-refractivity contribution in [2.24, 2.45) is 0 Å². The second-order valence-electron chi connectivity index (χ2n) is 7.45. The number of nitrogen functional groups attached to an aromatic ring is 1. The molecule has 0 saturated heterocycles. The van der Waals surface area contributed by atoms with Crippen LogP contribution in [0, 0.1) is 6.92 Å². The minimum atomic E-state index is -3.68. The molecule has 9 heteroatoms. The smallest absolute Gasteiger partial charge is 0.260 e. The number of rotatable bonds is 5. The molecule has 8 nitrogen and oxygen atoms in total. The Hall–Kier alpha value is -3.85. The third kappa shape index (κ3) is 4.28. The highest BCUT2D eigenvalue weighted by atomic mass is 32.2. The number of fused-ring (bicyclic) bond motifs is 1. The topological polar surface area (TPSA) is 119 Å². The number of amides is 1. The van der Waals surface area contributed by atoms with Crippen molar-refractivity contribution in [3.05, 3.63) is 83.8 Å². The molecule has 0 radical (unpaired) electrons. The third-order valence-electron chi connectivity index (χ3n) is 5.00. The summed E-state index contributed by atoms with van der Waals surface area (Å²) in [7, 11) is -3.68. The number of aromatic nitrogens is 3. The monoisotopic (exact) mass is 447 g/mol. The fraction of sp³-hybridized carbons (Fsp3) is 0.130. The Bertz CT molecular complexity index is 1420. The van der Waals surface area contributed by atoms with Crippen LogP contribution in [-0.2, 0) is 16.4 Å². The first-order chi connectivity index (χ1) is 15.2. The van der Waals surface area contributed by atoms with E-state index in [-0.39, 0.29) is 17.3 Å². The lowest BCUT2D eigenvalue weighted by atomic mass is 10.1. The molecule has 0 fully saturated rings. The molecule has 3 heterocycles. The first kappa shape index (κ1) is 21.4. The Morgan fingerprint density at radius 3 is 2.59 bits per heavy atom. The first-order valence-corrected chi connectivity index (χ1v) is 11.7. The highest BCUT2D eigenvalue weighted by Gasteiger charge is 2.25. The van der Waals surface area contributed by atoms with Crippen molar-refractivity contribution in [2.45, 2.75) is 18.5 Å². The van der Waals surface area contributed by atoms with Gasteiger partial charge in [0.15, 0.2) is 14.9 Å². The fourth-order valence-electron chi connectivity index (χ4n) is 3.40. The summed E-state index contributed by atoms with van der Waals surface area (Å²) in [6, 6.07) is 14.0. The van der Waals surface area contributed by atoms with E-state index in [1.165, 1.54) is 17.3 Å². The standard InChI is InChI=1S/C23H21N5O3S/c1-15-11-17-8-7-16(12-19(17)27-21(15)24)14-28(23(29)18-5-3-9-25-13-18)20-6-4-10-26-22(20)32(2,30)31/h3-13H,14H2,1-2H3,(H2,24,27). The van der Waals surface area contributed by atoms with Gasteiger partial charge in [-0.05, 0) is 54.4 Å². The van der Waals surface area contributed by atoms with Crippen LogP contribution in [0.25, 0.3) is 10.9 Å². The summed E-state index contributed by atoms with van der Waals surface area (Å²) in [5.74, 6) is 0.0389. The lowest BCUT2D eigenvalue weighted by molar-refractivity contribution is 0.0984. The van der Waals surface area contributed by atoms with Gasteiger partial charge in [-0.25, -0.2) is 18.4 Å². The van der Waals surface area contributed by atoms with Crippen LogP contribution in [0.2, 0.25) is 0 Å². The van der Waals surface area contributed by atoms with Gasteiger partial charge in [-0.3, -0.25) is 9.78 Å². The molecule has 4 rings (SSSR count). The molecular weight excluding hydrogens is 426 g/mol. The number of pyridine rings is 3. The normalized spacial score (nSPS) is 11.4. The van der Waals surface area contributed by atoms with Crippen LogP contribution in [0.4, 0.5) is 11.5 Å². The largest absolute Gasteiger partial charge is 0.383 e. The maximum absolute atomic E-state index is 13.4. The number of carbonyl (C=O) groups excluding carboxylic acids is 1. The first-order valence-electron chi connectivity index (χ1n) is 9.77. The number of benzene rings is 1. The number of nitrogens with zero attached hydrogens (tertiary/aromatic N) is 4. The van der Waals surface area contributed by atoms with Crippen LogP contribution in [0.1, 0.15) is 21.5 Å². The number of hydrogen-bond acceptors (Lipinski definition) is 7. The zero-order valence-electron chi connectivity index (χ0n) is 17.6. The maximum Gasteiger partial charge on any atom is 0.260 e. The highest BCUT2D eigenvalue weighted by Crippen LogP contribution is 2.27. The Morgan fingerprint density at radius 1 is 1.09 bits per heavy atom. The summed E-state index contributed by atoms with van der Waals surface area (Å²) in [6.07, 6.45) is 5.46. The van der Waals surface area contributed by atoms with E-state index in [4.69, 9.17) is 5.73 Å². The highest BCUT2D eigenvalue weighted by molar-refractivity contribution is 7.90.